The molecule has 5 nitrogen and oxygen atoms in total. The zero-order chi connectivity index (χ0) is 13.0. The minimum absolute atomic E-state index is 0.497. The Kier molecular flexibility index (Phi) is 4.23. The van der Waals surface area contributed by atoms with Crippen molar-refractivity contribution >= 4 is 11.5 Å². The lowest BCUT2D eigenvalue weighted by Gasteiger charge is -2.13. The third kappa shape index (κ3) is 3.03. The molecule has 18 heavy (non-hydrogen) atoms. The van der Waals surface area contributed by atoms with E-state index in [1.54, 1.807) is 0 Å². The Morgan fingerprint density at radius 3 is 2.72 bits per heavy atom. The van der Waals surface area contributed by atoms with Crippen LogP contribution in [0.15, 0.2) is 0 Å². The summed E-state index contributed by atoms with van der Waals surface area (Å²) < 4.78 is 5.49. The summed E-state index contributed by atoms with van der Waals surface area (Å²) in [7, 11) is 0. The van der Waals surface area contributed by atoms with Crippen LogP contribution in [0.4, 0.5) is 11.5 Å². The third-order valence-electron chi connectivity index (χ3n) is 2.97. The van der Waals surface area contributed by atoms with Crippen LogP contribution in [0.1, 0.15) is 51.3 Å². The quantitative estimate of drug-likeness (QED) is 0.727. The molecule has 5 heteroatoms. The Morgan fingerprint density at radius 1 is 1.33 bits per heavy atom. The van der Waals surface area contributed by atoms with Gasteiger partial charge in [0.05, 0.1) is 6.61 Å². The molecule has 0 spiro atoms. The predicted octanol–water partition coefficient (Wildman–Crippen LogP) is 2.55. The van der Waals surface area contributed by atoms with Crippen molar-refractivity contribution in [1.29, 1.82) is 0 Å². The summed E-state index contributed by atoms with van der Waals surface area (Å²) in [6.45, 7) is 5.54. The van der Waals surface area contributed by atoms with Gasteiger partial charge in [-0.1, -0.05) is 13.3 Å². The zero-order valence-corrected chi connectivity index (χ0v) is 11.2. The first-order valence-corrected chi connectivity index (χ1v) is 6.80. The highest BCUT2D eigenvalue weighted by molar-refractivity contribution is 5.67. The first-order valence-electron chi connectivity index (χ1n) is 6.80. The molecule has 0 amide bonds. The number of nitrogen functional groups attached to an aromatic ring is 1. The van der Waals surface area contributed by atoms with E-state index in [0.29, 0.717) is 24.1 Å². The fourth-order valence-corrected chi connectivity index (χ4v) is 1.75. The maximum absolute atomic E-state index is 6.03. The molecule has 0 atom stereocenters. The second kappa shape index (κ2) is 5.89. The van der Waals surface area contributed by atoms with Gasteiger partial charge in [0.2, 0.25) is 5.88 Å². The number of hydrogen-bond acceptors (Lipinski definition) is 5. The van der Waals surface area contributed by atoms with Gasteiger partial charge in [-0.3, -0.25) is 0 Å². The molecule has 0 bridgehead atoms. The highest BCUT2D eigenvalue weighted by Crippen LogP contribution is 2.40. The van der Waals surface area contributed by atoms with Gasteiger partial charge in [0, 0.05) is 12.5 Å². The molecule has 0 unspecified atom stereocenters. The van der Waals surface area contributed by atoms with Gasteiger partial charge < -0.3 is 15.8 Å². The van der Waals surface area contributed by atoms with Crippen molar-refractivity contribution < 1.29 is 4.74 Å². The van der Waals surface area contributed by atoms with Gasteiger partial charge >= 0.3 is 0 Å². The van der Waals surface area contributed by atoms with E-state index < -0.39 is 0 Å². The number of unbranched alkanes of at least 4 members (excludes halogenated alkanes) is 1. The van der Waals surface area contributed by atoms with Gasteiger partial charge in [-0.05, 0) is 26.2 Å². The highest BCUT2D eigenvalue weighted by Gasteiger charge is 2.28. The normalized spacial score (nSPS) is 14.6. The van der Waals surface area contributed by atoms with Crippen LogP contribution in [0, 0.1) is 0 Å². The molecular weight excluding hydrogens is 228 g/mol. The van der Waals surface area contributed by atoms with E-state index in [1.165, 1.54) is 12.8 Å². The Morgan fingerprint density at radius 2 is 2.11 bits per heavy atom. The first-order chi connectivity index (χ1) is 8.76. The second-order valence-corrected chi connectivity index (χ2v) is 4.64. The third-order valence-corrected chi connectivity index (χ3v) is 2.97. The molecule has 1 saturated carbocycles. The van der Waals surface area contributed by atoms with Crippen molar-refractivity contribution in [2.24, 2.45) is 0 Å². The Hall–Kier alpha value is -1.52. The monoisotopic (exact) mass is 250 g/mol. The van der Waals surface area contributed by atoms with E-state index in [0.717, 1.165) is 31.0 Å². The number of anilines is 2. The van der Waals surface area contributed by atoms with Crippen LogP contribution >= 0.6 is 0 Å². The Labute approximate surface area is 108 Å². The standard InChI is InChI=1S/C13H22N4O/c1-3-5-8-15-12-10(14)13(18-4-2)17-11(16-12)9-6-7-9/h9H,3-8,14H2,1-2H3,(H,15,16,17). The fourth-order valence-electron chi connectivity index (χ4n) is 1.75. The molecule has 1 aliphatic carbocycles. The summed E-state index contributed by atoms with van der Waals surface area (Å²) in [5.74, 6) is 2.61. The summed E-state index contributed by atoms with van der Waals surface area (Å²) in [5, 5.41) is 3.28. The molecule has 1 aliphatic rings. The molecule has 2 rings (SSSR count). The molecule has 1 heterocycles. The largest absolute Gasteiger partial charge is 0.476 e. The molecule has 0 radical (unpaired) electrons. The topological polar surface area (TPSA) is 73.1 Å². The second-order valence-electron chi connectivity index (χ2n) is 4.64. The number of nitrogens with zero attached hydrogens (tertiary/aromatic N) is 2. The minimum Gasteiger partial charge on any atom is -0.476 e. The van der Waals surface area contributed by atoms with Gasteiger partial charge in [0.15, 0.2) is 5.82 Å². The molecule has 0 aliphatic heterocycles. The Balaban J connectivity index is 2.18. The van der Waals surface area contributed by atoms with Crippen molar-refractivity contribution in [3.05, 3.63) is 5.82 Å². The molecule has 100 valence electrons. The number of nitrogens with one attached hydrogen (secondary N) is 1. The van der Waals surface area contributed by atoms with Crippen LogP contribution in [-0.2, 0) is 0 Å². The molecule has 1 fully saturated rings. The lowest BCUT2D eigenvalue weighted by molar-refractivity contribution is 0.327. The van der Waals surface area contributed by atoms with E-state index in [1.807, 2.05) is 6.92 Å². The molecular formula is C13H22N4O. The van der Waals surface area contributed by atoms with E-state index >= 15 is 0 Å². The molecule has 0 saturated heterocycles. The van der Waals surface area contributed by atoms with Crippen LogP contribution in [0.25, 0.3) is 0 Å². The SMILES string of the molecule is CCCCNc1nc(C2CC2)nc(OCC)c1N. The molecule has 1 aromatic rings. The van der Waals surface area contributed by atoms with Crippen LogP contribution in [-0.4, -0.2) is 23.1 Å². The Bertz CT molecular complexity index is 404. The van der Waals surface area contributed by atoms with Crippen molar-refractivity contribution in [2.75, 3.05) is 24.2 Å². The number of aromatic nitrogens is 2. The van der Waals surface area contributed by atoms with Crippen LogP contribution in [0.3, 0.4) is 0 Å². The fraction of sp³-hybridized carbons (Fsp3) is 0.692. The van der Waals surface area contributed by atoms with Crippen LogP contribution < -0.4 is 15.8 Å². The van der Waals surface area contributed by atoms with Gasteiger partial charge in [0.1, 0.15) is 11.5 Å². The maximum Gasteiger partial charge on any atom is 0.242 e. The van der Waals surface area contributed by atoms with Crippen LogP contribution in [0.2, 0.25) is 0 Å². The first kappa shape index (κ1) is 12.9. The van der Waals surface area contributed by atoms with E-state index in [2.05, 4.69) is 22.2 Å². The smallest absolute Gasteiger partial charge is 0.242 e. The van der Waals surface area contributed by atoms with Crippen molar-refractivity contribution in [3.8, 4) is 5.88 Å². The van der Waals surface area contributed by atoms with Gasteiger partial charge in [-0.15, -0.1) is 0 Å². The summed E-state index contributed by atoms with van der Waals surface area (Å²) in [6.07, 6.45) is 4.59. The van der Waals surface area contributed by atoms with E-state index in [-0.39, 0.29) is 0 Å². The lowest BCUT2D eigenvalue weighted by Crippen LogP contribution is -2.11. The summed E-state index contributed by atoms with van der Waals surface area (Å²) in [6, 6.07) is 0. The highest BCUT2D eigenvalue weighted by atomic mass is 16.5. The van der Waals surface area contributed by atoms with Gasteiger partial charge in [-0.25, -0.2) is 4.98 Å². The average Bonchev–Trinajstić information content (AvgIpc) is 3.18. The molecule has 1 aromatic heterocycles. The summed E-state index contributed by atoms with van der Waals surface area (Å²) in [4.78, 5) is 8.94. The van der Waals surface area contributed by atoms with Gasteiger partial charge in [0.25, 0.3) is 0 Å². The van der Waals surface area contributed by atoms with Crippen molar-refractivity contribution in [1.82, 2.24) is 9.97 Å². The lowest BCUT2D eigenvalue weighted by atomic mass is 10.3. The average molecular weight is 250 g/mol. The van der Waals surface area contributed by atoms with E-state index in [9.17, 15) is 0 Å². The maximum atomic E-state index is 6.03. The number of rotatable bonds is 7. The van der Waals surface area contributed by atoms with E-state index in [4.69, 9.17) is 10.5 Å². The number of ether oxygens (including phenoxy) is 1. The van der Waals surface area contributed by atoms with Crippen LogP contribution in [0.5, 0.6) is 5.88 Å². The molecule has 3 N–H and O–H groups in total. The zero-order valence-electron chi connectivity index (χ0n) is 11.2. The number of hydrogen-bond donors (Lipinski definition) is 2. The van der Waals surface area contributed by atoms with Crippen molar-refractivity contribution in [3.63, 3.8) is 0 Å². The number of nitrogens with two attached hydrogens (primary N) is 1. The predicted molar refractivity (Wildman–Crippen MR) is 73.0 cm³/mol. The van der Waals surface area contributed by atoms with Crippen molar-refractivity contribution in [2.45, 2.75) is 45.4 Å². The molecule has 0 aromatic carbocycles. The van der Waals surface area contributed by atoms with Gasteiger partial charge in [-0.2, -0.15) is 4.98 Å². The minimum atomic E-state index is 0.497. The summed E-state index contributed by atoms with van der Waals surface area (Å²) in [5.41, 5.74) is 6.55. The summed E-state index contributed by atoms with van der Waals surface area (Å²) >= 11 is 0.